The van der Waals surface area contributed by atoms with Crippen LogP contribution in [0.5, 0.6) is 17.2 Å². The number of benzene rings is 1. The van der Waals surface area contributed by atoms with Gasteiger partial charge in [0.05, 0.1) is 11.6 Å². The first-order valence-electron chi connectivity index (χ1n) is 7.81. The number of phenolic OH excluding ortho intramolecular Hbond substituents is 2. The summed E-state index contributed by atoms with van der Waals surface area (Å²) < 4.78 is 4.98. The molecule has 0 unspecified atom stereocenters. The zero-order valence-corrected chi connectivity index (χ0v) is 13.4. The van der Waals surface area contributed by atoms with E-state index >= 15 is 0 Å². The third-order valence-corrected chi connectivity index (χ3v) is 3.64. The molecule has 2 aromatic rings. The van der Waals surface area contributed by atoms with Crippen molar-refractivity contribution in [2.75, 3.05) is 0 Å². The number of phenols is 2. The van der Waals surface area contributed by atoms with Crippen molar-refractivity contribution in [2.45, 2.75) is 39.0 Å². The molecule has 3 N–H and O–H groups in total. The number of Topliss-reactive ketones (excluding diaryl/α,β-unsaturated/α-hetero) is 1. The Morgan fingerprint density at radius 3 is 2.42 bits per heavy atom. The molecule has 128 valence electrons. The van der Waals surface area contributed by atoms with Crippen LogP contribution in [0.2, 0.25) is 0 Å². The molecule has 0 bridgehead atoms. The molecule has 0 aliphatic heterocycles. The quantitative estimate of drug-likeness (QED) is 0.531. The number of carbonyl (C=O) groups is 1. The summed E-state index contributed by atoms with van der Waals surface area (Å²) in [5.74, 6) is -0.864. The molecule has 0 fully saturated rings. The Labute approximate surface area is 139 Å². The third-order valence-electron chi connectivity index (χ3n) is 3.64. The molecule has 0 spiro atoms. The lowest BCUT2D eigenvalue weighted by Gasteiger charge is -2.11. The molecular formula is C18H20O6. The van der Waals surface area contributed by atoms with E-state index in [1.807, 2.05) is 6.92 Å². The van der Waals surface area contributed by atoms with Crippen LogP contribution in [-0.4, -0.2) is 21.1 Å². The highest BCUT2D eigenvalue weighted by Gasteiger charge is 2.19. The van der Waals surface area contributed by atoms with Crippen LogP contribution in [0.25, 0.3) is 0 Å². The van der Waals surface area contributed by atoms with Crippen LogP contribution in [0.4, 0.5) is 0 Å². The molecule has 0 saturated heterocycles. The van der Waals surface area contributed by atoms with Gasteiger partial charge in [-0.15, -0.1) is 0 Å². The Kier molecular flexibility index (Phi) is 5.63. The second-order valence-electron chi connectivity index (χ2n) is 5.66. The molecule has 0 radical (unpaired) electrons. The molecule has 6 nitrogen and oxygen atoms in total. The van der Waals surface area contributed by atoms with Crippen molar-refractivity contribution < 1.29 is 24.5 Å². The Morgan fingerprint density at radius 1 is 1.04 bits per heavy atom. The van der Waals surface area contributed by atoms with Crippen LogP contribution in [0.1, 0.15) is 54.3 Å². The minimum Gasteiger partial charge on any atom is -0.508 e. The standard InChI is InChI=1S/C18H20O6/c1-2-3-4-5-15(21)18-11(6-12(19)9-16(18)22)7-14-8-13(20)10-17(23)24-14/h6,8-10,19-20,22H,2-5,7H2,1H3. The van der Waals surface area contributed by atoms with Gasteiger partial charge < -0.3 is 19.7 Å². The summed E-state index contributed by atoms with van der Waals surface area (Å²) in [4.78, 5) is 23.7. The molecule has 2 rings (SSSR count). The van der Waals surface area contributed by atoms with E-state index in [2.05, 4.69) is 0 Å². The summed E-state index contributed by atoms with van der Waals surface area (Å²) in [6, 6.07) is 4.64. The molecule has 1 aromatic heterocycles. The SMILES string of the molecule is CCCCCC(=O)c1c(O)cc(O)cc1Cc1cc(O)cc(=O)o1. The maximum atomic E-state index is 12.4. The van der Waals surface area contributed by atoms with Crippen molar-refractivity contribution in [3.63, 3.8) is 0 Å². The van der Waals surface area contributed by atoms with Gasteiger partial charge in [-0.25, -0.2) is 4.79 Å². The Morgan fingerprint density at radius 2 is 1.75 bits per heavy atom. The van der Waals surface area contributed by atoms with Crippen molar-refractivity contribution >= 4 is 5.78 Å². The van der Waals surface area contributed by atoms with E-state index in [1.165, 1.54) is 12.1 Å². The highest BCUT2D eigenvalue weighted by atomic mass is 16.4. The van der Waals surface area contributed by atoms with Crippen LogP contribution >= 0.6 is 0 Å². The van der Waals surface area contributed by atoms with Gasteiger partial charge in [-0.2, -0.15) is 0 Å². The van der Waals surface area contributed by atoms with E-state index in [-0.39, 0.29) is 47.2 Å². The molecule has 0 amide bonds. The Bertz CT molecular complexity index is 791. The lowest BCUT2D eigenvalue weighted by molar-refractivity contribution is 0.0976. The lowest BCUT2D eigenvalue weighted by atomic mass is 9.95. The number of hydrogen-bond acceptors (Lipinski definition) is 6. The summed E-state index contributed by atoms with van der Waals surface area (Å²) in [5, 5.41) is 29.2. The average Bonchev–Trinajstić information content (AvgIpc) is 2.45. The third kappa shape index (κ3) is 4.38. The van der Waals surface area contributed by atoms with Crippen LogP contribution in [0, 0.1) is 0 Å². The van der Waals surface area contributed by atoms with Gasteiger partial charge in [0, 0.05) is 25.0 Å². The maximum Gasteiger partial charge on any atom is 0.339 e. The van der Waals surface area contributed by atoms with E-state index in [9.17, 15) is 24.9 Å². The second kappa shape index (κ2) is 7.68. The number of hydrogen-bond donors (Lipinski definition) is 3. The molecular weight excluding hydrogens is 312 g/mol. The Hall–Kier alpha value is -2.76. The predicted molar refractivity (Wildman–Crippen MR) is 87.7 cm³/mol. The van der Waals surface area contributed by atoms with Gasteiger partial charge in [-0.3, -0.25) is 4.79 Å². The molecule has 0 atom stereocenters. The normalized spacial score (nSPS) is 10.7. The second-order valence-corrected chi connectivity index (χ2v) is 5.66. The van der Waals surface area contributed by atoms with Gasteiger partial charge in [-0.05, 0) is 18.1 Å². The summed E-state index contributed by atoms with van der Waals surface area (Å²) in [6.07, 6.45) is 2.84. The minimum absolute atomic E-state index is 0.0134. The molecule has 6 heteroatoms. The molecule has 0 aliphatic rings. The van der Waals surface area contributed by atoms with Crippen molar-refractivity contribution in [1.29, 1.82) is 0 Å². The van der Waals surface area contributed by atoms with Crippen LogP contribution in [0.3, 0.4) is 0 Å². The number of ketones is 1. The number of unbranched alkanes of at least 4 members (excludes halogenated alkanes) is 2. The van der Waals surface area contributed by atoms with Crippen molar-refractivity contribution in [3.8, 4) is 17.2 Å². The number of aromatic hydroxyl groups is 3. The number of carbonyl (C=O) groups excluding carboxylic acids is 1. The van der Waals surface area contributed by atoms with E-state index in [0.717, 1.165) is 25.0 Å². The Balaban J connectivity index is 2.37. The fourth-order valence-electron chi connectivity index (χ4n) is 2.58. The predicted octanol–water partition coefficient (Wildman–Crippen LogP) is 3.11. The topological polar surface area (TPSA) is 108 Å². The largest absolute Gasteiger partial charge is 0.508 e. The first kappa shape index (κ1) is 17.6. The van der Waals surface area contributed by atoms with E-state index < -0.39 is 5.63 Å². The summed E-state index contributed by atoms with van der Waals surface area (Å²) >= 11 is 0. The maximum absolute atomic E-state index is 12.4. The molecule has 1 heterocycles. The lowest BCUT2D eigenvalue weighted by Crippen LogP contribution is -2.07. The molecule has 0 saturated carbocycles. The van der Waals surface area contributed by atoms with Gasteiger partial charge in [0.2, 0.25) is 0 Å². The highest BCUT2D eigenvalue weighted by molar-refractivity contribution is 6.00. The summed E-state index contributed by atoms with van der Waals surface area (Å²) in [6.45, 7) is 2.03. The van der Waals surface area contributed by atoms with Crippen LogP contribution < -0.4 is 5.63 Å². The number of rotatable bonds is 7. The first-order chi connectivity index (χ1) is 11.4. The fraction of sp³-hybridized carbons (Fsp3) is 0.333. The first-order valence-corrected chi connectivity index (χ1v) is 7.81. The van der Waals surface area contributed by atoms with Crippen molar-refractivity contribution in [3.05, 3.63) is 51.6 Å². The van der Waals surface area contributed by atoms with Gasteiger partial charge in [0.25, 0.3) is 0 Å². The zero-order chi connectivity index (χ0) is 17.7. The summed E-state index contributed by atoms with van der Waals surface area (Å²) in [5.41, 5.74) is -0.275. The van der Waals surface area contributed by atoms with Gasteiger partial charge in [0.15, 0.2) is 5.78 Å². The van der Waals surface area contributed by atoms with E-state index in [4.69, 9.17) is 4.42 Å². The van der Waals surface area contributed by atoms with Crippen molar-refractivity contribution in [1.82, 2.24) is 0 Å². The average molecular weight is 332 g/mol. The minimum atomic E-state index is -0.717. The van der Waals surface area contributed by atoms with Crippen LogP contribution in [0.15, 0.2) is 33.5 Å². The smallest absolute Gasteiger partial charge is 0.339 e. The van der Waals surface area contributed by atoms with Gasteiger partial charge in [-0.1, -0.05) is 19.8 Å². The van der Waals surface area contributed by atoms with Crippen LogP contribution in [-0.2, 0) is 6.42 Å². The van der Waals surface area contributed by atoms with Gasteiger partial charge >= 0.3 is 5.63 Å². The zero-order valence-electron chi connectivity index (χ0n) is 13.4. The molecule has 0 aliphatic carbocycles. The summed E-state index contributed by atoms with van der Waals surface area (Å²) in [7, 11) is 0. The van der Waals surface area contributed by atoms with Crippen molar-refractivity contribution in [2.24, 2.45) is 0 Å². The fourth-order valence-corrected chi connectivity index (χ4v) is 2.58. The van der Waals surface area contributed by atoms with E-state index in [0.29, 0.717) is 12.0 Å². The monoisotopic (exact) mass is 332 g/mol. The van der Waals surface area contributed by atoms with E-state index in [1.54, 1.807) is 0 Å². The molecule has 24 heavy (non-hydrogen) atoms. The van der Waals surface area contributed by atoms with Gasteiger partial charge in [0.1, 0.15) is 23.0 Å². The highest BCUT2D eigenvalue weighted by Crippen LogP contribution is 2.30. The molecule has 1 aromatic carbocycles.